The van der Waals surface area contributed by atoms with Gasteiger partial charge in [0, 0.05) is 44.8 Å². The third kappa shape index (κ3) is 5.03. The first kappa shape index (κ1) is 20.6. The van der Waals surface area contributed by atoms with Crippen molar-refractivity contribution in [1.29, 1.82) is 0 Å². The van der Waals surface area contributed by atoms with Crippen molar-refractivity contribution in [2.75, 3.05) is 19.6 Å². The maximum Gasteiger partial charge on any atom is 0.410 e. The van der Waals surface area contributed by atoms with Crippen molar-refractivity contribution in [2.45, 2.75) is 70.2 Å². The summed E-state index contributed by atoms with van der Waals surface area (Å²) in [4.78, 5) is 27.7. The molecular weight excluding hydrogens is 359 g/mol. The van der Waals surface area contributed by atoms with E-state index in [9.17, 15) is 9.59 Å². The Kier molecular flexibility index (Phi) is 5.69. The number of rotatable bonds is 4. The molecule has 2 atom stereocenters. The zero-order valence-electron chi connectivity index (χ0n) is 17.3. The molecule has 0 N–H and O–H groups in total. The largest absolute Gasteiger partial charge is 0.444 e. The van der Waals surface area contributed by atoms with Gasteiger partial charge in [0.1, 0.15) is 11.3 Å². The van der Waals surface area contributed by atoms with Gasteiger partial charge in [0.25, 0.3) is 0 Å². The molecule has 1 heterocycles. The number of ether oxygens (including phenoxy) is 1. The van der Waals surface area contributed by atoms with Crippen LogP contribution in [0.25, 0.3) is 0 Å². The standard InChI is InChI=1S/C22H31FN2O3/c1-16(26)25(19-14-18(19)17-8-6-5-7-9-17)15-22(23)10-12-24(13-11-22)20(27)28-21(2,3)4/h5-9,18-19H,10-15H2,1-4H3. The van der Waals surface area contributed by atoms with Gasteiger partial charge in [-0.3, -0.25) is 4.79 Å². The number of alkyl halides is 1. The number of piperidine rings is 1. The van der Waals surface area contributed by atoms with Crippen LogP contribution in [0.15, 0.2) is 30.3 Å². The minimum Gasteiger partial charge on any atom is -0.444 e. The van der Waals surface area contributed by atoms with Gasteiger partial charge < -0.3 is 14.5 Å². The first-order chi connectivity index (χ1) is 13.1. The predicted molar refractivity (Wildman–Crippen MR) is 106 cm³/mol. The molecule has 6 heteroatoms. The maximum atomic E-state index is 15.5. The number of nitrogens with zero attached hydrogens (tertiary/aromatic N) is 2. The highest BCUT2D eigenvalue weighted by Crippen LogP contribution is 2.45. The zero-order chi connectivity index (χ0) is 20.5. The predicted octanol–water partition coefficient (Wildman–Crippen LogP) is 4.13. The maximum absolute atomic E-state index is 15.5. The highest BCUT2D eigenvalue weighted by molar-refractivity contribution is 5.74. The van der Waals surface area contributed by atoms with Gasteiger partial charge >= 0.3 is 6.09 Å². The van der Waals surface area contributed by atoms with Crippen LogP contribution in [-0.2, 0) is 9.53 Å². The van der Waals surface area contributed by atoms with Crippen LogP contribution in [0.2, 0.25) is 0 Å². The Morgan fingerprint density at radius 1 is 1.21 bits per heavy atom. The molecule has 0 bridgehead atoms. The van der Waals surface area contributed by atoms with E-state index in [-0.39, 0.29) is 37.3 Å². The molecule has 2 fully saturated rings. The highest BCUT2D eigenvalue weighted by Gasteiger charge is 2.48. The Morgan fingerprint density at radius 3 is 2.36 bits per heavy atom. The van der Waals surface area contributed by atoms with Gasteiger partial charge in [0.05, 0.1) is 6.54 Å². The number of hydrogen-bond donors (Lipinski definition) is 0. The normalized spacial score (nSPS) is 23.8. The van der Waals surface area contributed by atoms with E-state index >= 15 is 4.39 Å². The molecule has 0 radical (unpaired) electrons. The van der Waals surface area contributed by atoms with Crippen molar-refractivity contribution in [3.63, 3.8) is 0 Å². The molecule has 5 nitrogen and oxygen atoms in total. The molecule has 0 aromatic heterocycles. The summed E-state index contributed by atoms with van der Waals surface area (Å²) >= 11 is 0. The number of halogens is 1. The van der Waals surface area contributed by atoms with E-state index in [1.165, 1.54) is 12.5 Å². The average Bonchev–Trinajstić information content (AvgIpc) is 3.40. The van der Waals surface area contributed by atoms with Crippen molar-refractivity contribution >= 4 is 12.0 Å². The Labute approximate surface area is 166 Å². The SMILES string of the molecule is CC(=O)N(CC1(F)CCN(C(=O)OC(C)(C)C)CC1)C1CC1c1ccccc1. The Morgan fingerprint density at radius 2 is 1.82 bits per heavy atom. The molecule has 3 rings (SSSR count). The van der Waals surface area contributed by atoms with Crippen LogP contribution >= 0.6 is 0 Å². The lowest BCUT2D eigenvalue weighted by molar-refractivity contribution is -0.132. The van der Waals surface area contributed by atoms with Crippen molar-refractivity contribution in [2.24, 2.45) is 0 Å². The highest BCUT2D eigenvalue weighted by atomic mass is 19.1. The molecule has 2 unspecified atom stereocenters. The van der Waals surface area contributed by atoms with E-state index in [0.717, 1.165) is 6.42 Å². The minimum absolute atomic E-state index is 0.0661. The third-order valence-corrected chi connectivity index (χ3v) is 5.55. The van der Waals surface area contributed by atoms with Gasteiger partial charge in [-0.15, -0.1) is 0 Å². The number of amides is 2. The fourth-order valence-corrected chi connectivity index (χ4v) is 3.93. The van der Waals surface area contributed by atoms with Crippen molar-refractivity contribution in [3.05, 3.63) is 35.9 Å². The molecule has 154 valence electrons. The van der Waals surface area contributed by atoms with Crippen LogP contribution in [0.4, 0.5) is 9.18 Å². The number of carbonyl (C=O) groups excluding carboxylic acids is 2. The van der Waals surface area contributed by atoms with Crippen molar-refractivity contribution < 1.29 is 18.7 Å². The van der Waals surface area contributed by atoms with E-state index in [0.29, 0.717) is 13.1 Å². The second kappa shape index (κ2) is 7.72. The first-order valence-electron chi connectivity index (χ1n) is 10.1. The van der Waals surface area contributed by atoms with Crippen LogP contribution in [0.5, 0.6) is 0 Å². The summed E-state index contributed by atoms with van der Waals surface area (Å²) in [7, 11) is 0. The average molecular weight is 390 g/mol. The van der Waals surface area contributed by atoms with Crippen LogP contribution in [0.1, 0.15) is 58.4 Å². The molecule has 1 aliphatic carbocycles. The second-order valence-electron chi connectivity index (χ2n) is 9.09. The molecule has 2 aliphatic rings. The summed E-state index contributed by atoms with van der Waals surface area (Å²) in [5.74, 6) is 0.200. The lowest BCUT2D eigenvalue weighted by atomic mass is 9.92. The monoisotopic (exact) mass is 390 g/mol. The molecule has 1 saturated heterocycles. The van der Waals surface area contributed by atoms with Crippen LogP contribution in [-0.4, -0.2) is 58.7 Å². The number of hydrogen-bond acceptors (Lipinski definition) is 3. The number of benzene rings is 1. The van der Waals surface area contributed by atoms with Gasteiger partial charge in [-0.25, -0.2) is 9.18 Å². The molecule has 1 aliphatic heterocycles. The van der Waals surface area contributed by atoms with Crippen LogP contribution in [0, 0.1) is 0 Å². The van der Waals surface area contributed by atoms with E-state index in [1.807, 2.05) is 39.0 Å². The van der Waals surface area contributed by atoms with Crippen molar-refractivity contribution in [3.8, 4) is 0 Å². The summed E-state index contributed by atoms with van der Waals surface area (Å²) in [5.41, 5.74) is -0.828. The van der Waals surface area contributed by atoms with E-state index in [2.05, 4.69) is 12.1 Å². The van der Waals surface area contributed by atoms with E-state index in [4.69, 9.17) is 4.74 Å². The minimum atomic E-state index is -1.46. The molecule has 0 spiro atoms. The zero-order valence-corrected chi connectivity index (χ0v) is 17.3. The molecule has 2 amide bonds. The van der Waals surface area contributed by atoms with Crippen molar-refractivity contribution in [1.82, 2.24) is 9.80 Å². The summed E-state index contributed by atoms with van der Waals surface area (Å²) < 4.78 is 20.9. The van der Waals surface area contributed by atoms with E-state index in [1.54, 1.807) is 9.80 Å². The first-order valence-corrected chi connectivity index (χ1v) is 10.1. The smallest absolute Gasteiger partial charge is 0.410 e. The fraction of sp³-hybridized carbons (Fsp3) is 0.636. The molecule has 28 heavy (non-hydrogen) atoms. The molecule has 1 aromatic rings. The Bertz CT molecular complexity index is 708. The molecular formula is C22H31FN2O3. The van der Waals surface area contributed by atoms with Gasteiger partial charge in [0.2, 0.25) is 5.91 Å². The van der Waals surface area contributed by atoms with Crippen LogP contribution in [0.3, 0.4) is 0 Å². The van der Waals surface area contributed by atoms with Crippen LogP contribution < -0.4 is 0 Å². The van der Waals surface area contributed by atoms with Gasteiger partial charge in [-0.05, 0) is 32.8 Å². The summed E-state index contributed by atoms with van der Waals surface area (Å²) in [6.45, 7) is 7.68. The Balaban J connectivity index is 1.58. The summed E-state index contributed by atoms with van der Waals surface area (Å²) in [5, 5.41) is 0. The third-order valence-electron chi connectivity index (χ3n) is 5.55. The van der Waals surface area contributed by atoms with Gasteiger partial charge in [-0.1, -0.05) is 30.3 Å². The Hall–Kier alpha value is -2.11. The molecule has 1 aromatic carbocycles. The number of likely N-dealkylation sites (tertiary alicyclic amines) is 1. The van der Waals surface area contributed by atoms with Gasteiger partial charge in [-0.2, -0.15) is 0 Å². The van der Waals surface area contributed by atoms with E-state index < -0.39 is 17.4 Å². The summed E-state index contributed by atoms with van der Waals surface area (Å²) in [6, 6.07) is 10.1. The second-order valence-corrected chi connectivity index (χ2v) is 9.09. The lowest BCUT2D eigenvalue weighted by Gasteiger charge is -2.39. The summed E-state index contributed by atoms with van der Waals surface area (Å²) in [6.07, 6.45) is 0.922. The fourth-order valence-electron chi connectivity index (χ4n) is 3.93. The molecule has 1 saturated carbocycles. The number of carbonyl (C=O) groups is 2. The lowest BCUT2D eigenvalue weighted by Crippen LogP contribution is -2.52. The quantitative estimate of drug-likeness (QED) is 0.777. The topological polar surface area (TPSA) is 49.9 Å². The van der Waals surface area contributed by atoms with Gasteiger partial charge in [0.15, 0.2) is 0 Å².